The molecule has 2 unspecified atom stereocenters. The fraction of sp³-hybridized carbons (Fsp3) is 0.625. The van der Waals surface area contributed by atoms with Crippen molar-refractivity contribution in [1.29, 1.82) is 0 Å². The van der Waals surface area contributed by atoms with Crippen molar-refractivity contribution in [3.8, 4) is 0 Å². The van der Waals surface area contributed by atoms with Crippen molar-refractivity contribution in [3.63, 3.8) is 0 Å². The predicted molar refractivity (Wildman–Crippen MR) is 73.4 cm³/mol. The molecule has 2 nitrogen and oxygen atoms in total. The summed E-state index contributed by atoms with van der Waals surface area (Å²) in [6.07, 6.45) is 3.47. The molecule has 0 aliphatic heterocycles. The predicted octanol–water partition coefficient (Wildman–Crippen LogP) is 2.81. The average molecular weight is 245 g/mol. The van der Waals surface area contributed by atoms with Crippen LogP contribution in [0.3, 0.4) is 0 Å². The van der Waals surface area contributed by atoms with E-state index in [1.54, 1.807) is 0 Å². The summed E-state index contributed by atoms with van der Waals surface area (Å²) in [6.45, 7) is 5.18. The van der Waals surface area contributed by atoms with Crippen molar-refractivity contribution in [1.82, 2.24) is 5.32 Å². The molecule has 0 bridgehead atoms. The third-order valence-electron chi connectivity index (χ3n) is 4.80. The minimum Gasteiger partial charge on any atom is -0.392 e. The van der Waals surface area contributed by atoms with Crippen molar-refractivity contribution >= 4 is 0 Å². The van der Waals surface area contributed by atoms with Gasteiger partial charge in [-0.15, -0.1) is 0 Å². The fourth-order valence-electron chi connectivity index (χ4n) is 2.81. The lowest BCUT2D eigenvalue weighted by molar-refractivity contribution is -0.0729. The zero-order chi connectivity index (χ0) is 12.8. The highest BCUT2D eigenvalue weighted by Crippen LogP contribution is 2.41. The molecule has 98 valence electrons. The minimum atomic E-state index is -0.146. The van der Waals surface area contributed by atoms with Crippen LogP contribution < -0.4 is 5.32 Å². The van der Waals surface area contributed by atoms with Gasteiger partial charge < -0.3 is 10.4 Å². The Morgan fingerprint density at radius 3 is 2.39 bits per heavy atom. The monoisotopic (exact) mass is 245 g/mol. The van der Waals surface area contributed by atoms with E-state index in [1.165, 1.54) is 24.0 Å². The molecule has 3 rings (SSSR count). The largest absolute Gasteiger partial charge is 0.392 e. The van der Waals surface area contributed by atoms with Crippen LogP contribution in [0.25, 0.3) is 0 Å². The molecule has 2 saturated carbocycles. The Morgan fingerprint density at radius 1 is 1.22 bits per heavy atom. The average Bonchev–Trinajstić information content (AvgIpc) is 3.19. The Labute approximate surface area is 109 Å². The maximum absolute atomic E-state index is 9.71. The molecule has 0 radical (unpaired) electrons. The second-order valence-electron chi connectivity index (χ2n) is 6.52. The van der Waals surface area contributed by atoms with E-state index in [0.29, 0.717) is 6.04 Å². The normalized spacial score (nSPS) is 29.9. The standard InChI is InChI=1S/C16H23NO/c1-16(2)14(9-15(16)18)17-10-11-3-5-12(6-4-11)13-7-8-13/h3-6,13-15,17-18H,7-10H2,1-2H3. The van der Waals surface area contributed by atoms with Gasteiger partial charge in [0.05, 0.1) is 6.10 Å². The van der Waals surface area contributed by atoms with Gasteiger partial charge in [-0.2, -0.15) is 0 Å². The summed E-state index contributed by atoms with van der Waals surface area (Å²) in [5.74, 6) is 0.840. The number of aliphatic hydroxyl groups excluding tert-OH is 1. The Bertz CT molecular complexity index is 419. The maximum atomic E-state index is 9.71. The van der Waals surface area contributed by atoms with Crippen LogP contribution in [0.2, 0.25) is 0 Å². The maximum Gasteiger partial charge on any atom is 0.0621 e. The second-order valence-corrected chi connectivity index (χ2v) is 6.52. The van der Waals surface area contributed by atoms with Gasteiger partial charge in [0.25, 0.3) is 0 Å². The molecule has 0 spiro atoms. The first-order valence-corrected chi connectivity index (χ1v) is 7.07. The SMILES string of the molecule is CC1(C)C(O)CC1NCc1ccc(C2CC2)cc1. The smallest absolute Gasteiger partial charge is 0.0621 e. The van der Waals surface area contributed by atoms with Gasteiger partial charge in [0, 0.05) is 18.0 Å². The van der Waals surface area contributed by atoms with Gasteiger partial charge in [-0.1, -0.05) is 38.1 Å². The van der Waals surface area contributed by atoms with Crippen LogP contribution in [-0.2, 0) is 6.54 Å². The van der Waals surface area contributed by atoms with Crippen LogP contribution in [-0.4, -0.2) is 17.3 Å². The second kappa shape index (κ2) is 4.36. The van der Waals surface area contributed by atoms with Crippen molar-refractivity contribution < 1.29 is 5.11 Å². The summed E-state index contributed by atoms with van der Waals surface area (Å²) in [4.78, 5) is 0. The number of rotatable bonds is 4. The quantitative estimate of drug-likeness (QED) is 0.855. The van der Waals surface area contributed by atoms with Crippen molar-refractivity contribution in [2.45, 2.75) is 57.7 Å². The molecule has 0 aromatic heterocycles. The summed E-state index contributed by atoms with van der Waals surface area (Å²) in [7, 11) is 0. The zero-order valence-electron chi connectivity index (χ0n) is 11.3. The van der Waals surface area contributed by atoms with E-state index >= 15 is 0 Å². The van der Waals surface area contributed by atoms with E-state index in [-0.39, 0.29) is 11.5 Å². The van der Waals surface area contributed by atoms with Crippen LogP contribution in [0.15, 0.2) is 24.3 Å². The van der Waals surface area contributed by atoms with Gasteiger partial charge in [0.15, 0.2) is 0 Å². The Balaban J connectivity index is 1.54. The number of benzene rings is 1. The van der Waals surface area contributed by atoms with Crippen molar-refractivity contribution in [3.05, 3.63) is 35.4 Å². The van der Waals surface area contributed by atoms with Crippen LogP contribution >= 0.6 is 0 Å². The van der Waals surface area contributed by atoms with Crippen molar-refractivity contribution in [2.75, 3.05) is 0 Å². The third kappa shape index (κ3) is 2.19. The summed E-state index contributed by atoms with van der Waals surface area (Å²) in [5.41, 5.74) is 2.86. The molecule has 2 fully saturated rings. The zero-order valence-corrected chi connectivity index (χ0v) is 11.3. The van der Waals surface area contributed by atoms with E-state index in [2.05, 4.69) is 43.4 Å². The summed E-state index contributed by atoms with van der Waals surface area (Å²) in [5, 5.41) is 13.3. The highest BCUT2D eigenvalue weighted by Gasteiger charge is 2.46. The Kier molecular flexibility index (Phi) is 2.95. The van der Waals surface area contributed by atoms with Gasteiger partial charge in [-0.05, 0) is 36.3 Å². The molecule has 2 aliphatic rings. The molecule has 0 heterocycles. The number of hydrogen-bond donors (Lipinski definition) is 2. The Hall–Kier alpha value is -0.860. The van der Waals surface area contributed by atoms with E-state index in [1.807, 2.05) is 0 Å². The lowest BCUT2D eigenvalue weighted by atomic mass is 9.64. The Morgan fingerprint density at radius 2 is 1.89 bits per heavy atom. The van der Waals surface area contributed by atoms with Crippen LogP contribution in [0.4, 0.5) is 0 Å². The van der Waals surface area contributed by atoms with E-state index in [9.17, 15) is 5.11 Å². The van der Waals surface area contributed by atoms with E-state index in [0.717, 1.165) is 18.9 Å². The first kappa shape index (κ1) is 12.2. The summed E-state index contributed by atoms with van der Waals surface area (Å²) >= 11 is 0. The molecular weight excluding hydrogens is 222 g/mol. The first-order chi connectivity index (χ1) is 8.57. The highest BCUT2D eigenvalue weighted by molar-refractivity contribution is 5.28. The van der Waals surface area contributed by atoms with Crippen molar-refractivity contribution in [2.24, 2.45) is 5.41 Å². The fourth-order valence-corrected chi connectivity index (χ4v) is 2.81. The molecule has 2 aliphatic carbocycles. The lowest BCUT2D eigenvalue weighted by Gasteiger charge is -2.49. The molecule has 18 heavy (non-hydrogen) atoms. The molecule has 2 atom stereocenters. The van der Waals surface area contributed by atoms with Crippen LogP contribution in [0, 0.1) is 5.41 Å². The van der Waals surface area contributed by atoms with Crippen LogP contribution in [0.1, 0.15) is 50.2 Å². The summed E-state index contributed by atoms with van der Waals surface area (Å²) < 4.78 is 0. The van der Waals surface area contributed by atoms with E-state index < -0.39 is 0 Å². The number of aliphatic hydroxyl groups is 1. The minimum absolute atomic E-state index is 0.0218. The number of nitrogens with one attached hydrogen (secondary N) is 1. The molecule has 1 aromatic rings. The molecule has 2 heteroatoms. The molecule has 0 saturated heterocycles. The lowest BCUT2D eigenvalue weighted by Crippen LogP contribution is -2.59. The highest BCUT2D eigenvalue weighted by atomic mass is 16.3. The van der Waals surface area contributed by atoms with Gasteiger partial charge in [0.2, 0.25) is 0 Å². The molecular formula is C16H23NO. The molecule has 2 N–H and O–H groups in total. The number of hydrogen-bond acceptors (Lipinski definition) is 2. The van der Waals surface area contributed by atoms with E-state index in [4.69, 9.17) is 0 Å². The van der Waals surface area contributed by atoms with Crippen LogP contribution in [0.5, 0.6) is 0 Å². The van der Waals surface area contributed by atoms with Gasteiger partial charge in [0.1, 0.15) is 0 Å². The van der Waals surface area contributed by atoms with Gasteiger partial charge >= 0.3 is 0 Å². The summed E-state index contributed by atoms with van der Waals surface area (Å²) in [6, 6.07) is 9.46. The first-order valence-electron chi connectivity index (χ1n) is 7.07. The molecule has 1 aromatic carbocycles. The molecule has 0 amide bonds. The third-order valence-corrected chi connectivity index (χ3v) is 4.80. The van der Waals surface area contributed by atoms with Gasteiger partial charge in [-0.25, -0.2) is 0 Å². The topological polar surface area (TPSA) is 32.3 Å². The van der Waals surface area contributed by atoms with Gasteiger partial charge in [-0.3, -0.25) is 0 Å².